The Bertz CT molecular complexity index is 114. The summed E-state index contributed by atoms with van der Waals surface area (Å²) in [6.07, 6.45) is 18.4. The van der Waals surface area contributed by atoms with Gasteiger partial charge in [0.2, 0.25) is 0 Å². The van der Waals surface area contributed by atoms with E-state index in [0.717, 1.165) is 5.92 Å². The molecule has 0 aromatic carbocycles. The fourth-order valence-electron chi connectivity index (χ4n) is 2.28. The summed E-state index contributed by atoms with van der Waals surface area (Å²) >= 11 is 0. The largest absolute Gasteiger partial charge is 0.0654 e. The lowest BCUT2D eigenvalue weighted by Gasteiger charge is -2.08. The van der Waals surface area contributed by atoms with Crippen LogP contribution < -0.4 is 0 Å². The Morgan fingerprint density at radius 2 is 0.789 bits per heavy atom. The number of rotatable bonds is 12. The highest BCUT2D eigenvalue weighted by Crippen LogP contribution is 2.14. The smallest absolute Gasteiger partial charge is 0.0443 e. The molecule has 0 aromatic rings. The van der Waals surface area contributed by atoms with Crippen LogP contribution in [0.4, 0.5) is 0 Å². The maximum Gasteiger partial charge on any atom is -0.0443 e. The molecule has 0 heteroatoms. The minimum absolute atomic E-state index is 0.972. The standard InChI is InChI=1S/C10H22.C9H20/c1-4-6-8-10(3)9-7-5-2;1-3-5-7-9-8-6-4-2/h10H,4-9H2,1-3H3;3-9H2,1-2H3. The van der Waals surface area contributed by atoms with Crippen LogP contribution in [0.2, 0.25) is 0 Å². The van der Waals surface area contributed by atoms with Crippen molar-refractivity contribution in [3.63, 3.8) is 0 Å². The van der Waals surface area contributed by atoms with E-state index < -0.39 is 0 Å². The van der Waals surface area contributed by atoms with E-state index in [-0.39, 0.29) is 0 Å². The van der Waals surface area contributed by atoms with E-state index in [9.17, 15) is 0 Å². The first-order valence-electron chi connectivity index (χ1n) is 9.22. The summed E-state index contributed by atoms with van der Waals surface area (Å²) in [4.78, 5) is 0. The van der Waals surface area contributed by atoms with Crippen LogP contribution in [0.1, 0.15) is 118 Å². The Morgan fingerprint density at radius 1 is 0.474 bits per heavy atom. The maximum atomic E-state index is 2.38. The molecular weight excluding hydrogens is 228 g/mol. The van der Waals surface area contributed by atoms with Crippen LogP contribution in [0.25, 0.3) is 0 Å². The molecule has 0 amide bonds. The van der Waals surface area contributed by atoms with Gasteiger partial charge in [0.25, 0.3) is 0 Å². The number of hydrogen-bond donors (Lipinski definition) is 0. The van der Waals surface area contributed by atoms with E-state index in [1.807, 2.05) is 0 Å². The first-order chi connectivity index (χ1) is 9.22. The van der Waals surface area contributed by atoms with Gasteiger partial charge in [0, 0.05) is 0 Å². The Morgan fingerprint density at radius 3 is 1.11 bits per heavy atom. The lowest BCUT2D eigenvalue weighted by Crippen LogP contribution is -1.93. The molecule has 0 aliphatic rings. The van der Waals surface area contributed by atoms with Gasteiger partial charge in [-0.25, -0.2) is 0 Å². The molecule has 0 saturated heterocycles. The molecule has 0 rings (SSSR count). The predicted molar refractivity (Wildman–Crippen MR) is 91.9 cm³/mol. The highest BCUT2D eigenvalue weighted by Gasteiger charge is 1.98. The van der Waals surface area contributed by atoms with Crippen molar-refractivity contribution in [2.45, 2.75) is 118 Å². The molecule has 0 spiro atoms. The molecule has 0 N–H and O–H groups in total. The molecule has 0 fully saturated rings. The SMILES string of the molecule is CCCCC(C)CCCC.CCCCCCCCC. The first-order valence-corrected chi connectivity index (χ1v) is 9.22. The Labute approximate surface area is 124 Å². The maximum absolute atomic E-state index is 2.38. The van der Waals surface area contributed by atoms with E-state index >= 15 is 0 Å². The highest BCUT2D eigenvalue weighted by molar-refractivity contribution is 4.52. The van der Waals surface area contributed by atoms with Crippen LogP contribution in [0.15, 0.2) is 0 Å². The van der Waals surface area contributed by atoms with Crippen LogP contribution in [0, 0.1) is 5.92 Å². The van der Waals surface area contributed by atoms with Gasteiger partial charge in [-0.15, -0.1) is 0 Å². The number of hydrogen-bond acceptors (Lipinski definition) is 0. The highest BCUT2D eigenvalue weighted by atomic mass is 14.0. The summed E-state index contributed by atoms with van der Waals surface area (Å²) in [5, 5.41) is 0. The normalized spacial score (nSPS) is 10.4. The first kappa shape index (κ1) is 21.3. The molecule has 0 aromatic heterocycles. The van der Waals surface area contributed by atoms with E-state index in [4.69, 9.17) is 0 Å². The quantitative estimate of drug-likeness (QED) is 0.318. The molecule has 0 saturated carbocycles. The average molecular weight is 271 g/mol. The molecule has 0 nitrogen and oxygen atoms in total. The third kappa shape index (κ3) is 23.5. The molecule has 0 aliphatic carbocycles. The van der Waals surface area contributed by atoms with Crippen molar-refractivity contribution in [1.82, 2.24) is 0 Å². The van der Waals surface area contributed by atoms with Crippen molar-refractivity contribution in [2.75, 3.05) is 0 Å². The molecule has 0 aliphatic heterocycles. The molecule has 19 heavy (non-hydrogen) atoms. The molecule has 0 bridgehead atoms. The van der Waals surface area contributed by atoms with E-state index in [1.54, 1.807) is 0 Å². The van der Waals surface area contributed by atoms with Gasteiger partial charge in [-0.05, 0) is 5.92 Å². The van der Waals surface area contributed by atoms with Crippen molar-refractivity contribution in [3.8, 4) is 0 Å². The Hall–Kier alpha value is 0. The molecule has 0 atom stereocenters. The predicted octanol–water partition coefficient (Wildman–Crippen LogP) is 7.76. The third-order valence-electron chi connectivity index (χ3n) is 3.81. The second-order valence-electron chi connectivity index (χ2n) is 6.16. The lowest BCUT2D eigenvalue weighted by molar-refractivity contribution is 0.454. The van der Waals surface area contributed by atoms with Gasteiger partial charge >= 0.3 is 0 Å². The molecule has 0 unspecified atom stereocenters. The third-order valence-corrected chi connectivity index (χ3v) is 3.81. The van der Waals surface area contributed by atoms with Crippen LogP contribution in [0.3, 0.4) is 0 Å². The summed E-state index contributed by atoms with van der Waals surface area (Å²) in [5.74, 6) is 0.972. The zero-order valence-electron chi connectivity index (χ0n) is 14.8. The van der Waals surface area contributed by atoms with Crippen molar-refractivity contribution < 1.29 is 0 Å². The van der Waals surface area contributed by atoms with E-state index in [0.29, 0.717) is 0 Å². The summed E-state index contributed by atoms with van der Waals surface area (Å²) in [6, 6.07) is 0. The van der Waals surface area contributed by atoms with Crippen LogP contribution in [-0.4, -0.2) is 0 Å². The zero-order chi connectivity index (χ0) is 14.8. The van der Waals surface area contributed by atoms with Gasteiger partial charge in [-0.3, -0.25) is 0 Å². The number of unbranched alkanes of at least 4 members (excludes halogenated alkanes) is 8. The minimum Gasteiger partial charge on any atom is -0.0654 e. The molecule has 0 radical (unpaired) electrons. The zero-order valence-corrected chi connectivity index (χ0v) is 14.8. The minimum atomic E-state index is 0.972. The van der Waals surface area contributed by atoms with Crippen molar-refractivity contribution in [3.05, 3.63) is 0 Å². The second kappa shape index (κ2) is 20.3. The van der Waals surface area contributed by atoms with Crippen LogP contribution >= 0.6 is 0 Å². The van der Waals surface area contributed by atoms with Crippen molar-refractivity contribution in [2.24, 2.45) is 5.92 Å². The van der Waals surface area contributed by atoms with Gasteiger partial charge < -0.3 is 0 Å². The van der Waals surface area contributed by atoms with Crippen LogP contribution in [-0.2, 0) is 0 Å². The van der Waals surface area contributed by atoms with Gasteiger partial charge in [-0.1, -0.05) is 118 Å². The summed E-state index contributed by atoms with van der Waals surface area (Å²) in [7, 11) is 0. The van der Waals surface area contributed by atoms with E-state index in [1.165, 1.54) is 83.5 Å². The Balaban J connectivity index is 0. The molecule has 0 heterocycles. The van der Waals surface area contributed by atoms with Gasteiger partial charge in [0.1, 0.15) is 0 Å². The van der Waals surface area contributed by atoms with Gasteiger partial charge in [-0.2, -0.15) is 0 Å². The summed E-state index contributed by atoms with van der Waals surface area (Å²) in [5.41, 5.74) is 0. The Kier molecular flexibility index (Phi) is 22.8. The van der Waals surface area contributed by atoms with Gasteiger partial charge in [0.05, 0.1) is 0 Å². The lowest BCUT2D eigenvalue weighted by atomic mass is 9.98. The fraction of sp³-hybridized carbons (Fsp3) is 1.00. The van der Waals surface area contributed by atoms with Crippen molar-refractivity contribution >= 4 is 0 Å². The average Bonchev–Trinajstić information content (AvgIpc) is 2.43. The van der Waals surface area contributed by atoms with E-state index in [2.05, 4.69) is 34.6 Å². The summed E-state index contributed by atoms with van der Waals surface area (Å²) < 4.78 is 0. The molecule has 118 valence electrons. The fourth-order valence-corrected chi connectivity index (χ4v) is 2.28. The second-order valence-corrected chi connectivity index (χ2v) is 6.16. The topological polar surface area (TPSA) is 0 Å². The molecular formula is C19H42. The summed E-state index contributed by atoms with van der Waals surface area (Å²) in [6.45, 7) is 11.4. The van der Waals surface area contributed by atoms with Crippen LogP contribution in [0.5, 0.6) is 0 Å². The van der Waals surface area contributed by atoms with Gasteiger partial charge in [0.15, 0.2) is 0 Å². The monoisotopic (exact) mass is 270 g/mol. The van der Waals surface area contributed by atoms with Crippen molar-refractivity contribution in [1.29, 1.82) is 0 Å².